The van der Waals surface area contributed by atoms with E-state index in [0.29, 0.717) is 28.8 Å². The predicted octanol–water partition coefficient (Wildman–Crippen LogP) is 2.47. The number of nitrogens with one attached hydrogen (secondary N) is 1. The fourth-order valence-corrected chi connectivity index (χ4v) is 2.37. The summed E-state index contributed by atoms with van der Waals surface area (Å²) in [6.07, 6.45) is 1.38. The van der Waals surface area contributed by atoms with Gasteiger partial charge in [0.05, 0.1) is 12.1 Å². The van der Waals surface area contributed by atoms with Crippen LogP contribution in [0.25, 0.3) is 10.9 Å². The number of nitriles is 1. The molecule has 0 aliphatic heterocycles. The highest BCUT2D eigenvalue weighted by Crippen LogP contribution is 2.24. The average Bonchev–Trinajstić information content (AvgIpc) is 2.60. The summed E-state index contributed by atoms with van der Waals surface area (Å²) in [6, 6.07) is 14.8. The number of ether oxygens (including phenoxy) is 1. The predicted molar refractivity (Wildman–Crippen MR) is 86.0 cm³/mol. The number of benzene rings is 2. The molecule has 0 fully saturated rings. The Morgan fingerprint density at radius 1 is 1.22 bits per heavy atom. The van der Waals surface area contributed by atoms with Gasteiger partial charge in [-0.1, -0.05) is 30.3 Å². The fraction of sp³-hybridized carbons (Fsp3) is 0.111. The van der Waals surface area contributed by atoms with Crippen LogP contribution >= 0.6 is 0 Å². The van der Waals surface area contributed by atoms with Gasteiger partial charge in [-0.2, -0.15) is 5.26 Å². The lowest BCUT2D eigenvalue weighted by atomic mass is 10.1. The van der Waals surface area contributed by atoms with Gasteiger partial charge in [-0.15, -0.1) is 0 Å². The lowest BCUT2D eigenvalue weighted by Crippen LogP contribution is -2.08. The van der Waals surface area contributed by atoms with Gasteiger partial charge in [0.25, 0.3) is 0 Å². The first-order valence-electron chi connectivity index (χ1n) is 7.09. The Bertz CT molecular complexity index is 940. The van der Waals surface area contributed by atoms with Gasteiger partial charge < -0.3 is 14.8 Å². The molecule has 0 spiro atoms. The van der Waals surface area contributed by atoms with Crippen LogP contribution in [0.15, 0.2) is 53.5 Å². The maximum atomic E-state index is 12.2. The Labute approximate surface area is 132 Å². The number of fused-ring (bicyclic) bond motifs is 1. The number of aromatic nitrogens is 1. The summed E-state index contributed by atoms with van der Waals surface area (Å²) in [4.78, 5) is 15.1. The highest BCUT2D eigenvalue weighted by atomic mass is 16.5. The normalized spacial score (nSPS) is 10.4. The quantitative estimate of drug-likeness (QED) is 0.775. The second kappa shape index (κ2) is 6.34. The van der Waals surface area contributed by atoms with Crippen molar-refractivity contribution in [1.29, 1.82) is 5.26 Å². The van der Waals surface area contributed by atoms with Crippen molar-refractivity contribution in [2.75, 3.05) is 0 Å². The standard InChI is InChI=1S/C18H14N2O3/c19-8-14-9-20-16-7-17(13(10-21)6-15(16)18(14)22)23-11-12-4-2-1-3-5-12/h1-7,9,21H,10-11H2,(H,20,22). The van der Waals surface area contributed by atoms with Gasteiger partial charge in [0.15, 0.2) is 0 Å². The van der Waals surface area contributed by atoms with Crippen molar-refractivity contribution >= 4 is 10.9 Å². The van der Waals surface area contributed by atoms with Crippen molar-refractivity contribution < 1.29 is 9.84 Å². The summed E-state index contributed by atoms with van der Waals surface area (Å²) in [7, 11) is 0. The molecule has 0 radical (unpaired) electrons. The third-order valence-electron chi connectivity index (χ3n) is 3.59. The maximum Gasteiger partial charge on any atom is 0.207 e. The molecular formula is C18H14N2O3. The Hall–Kier alpha value is -3.10. The Morgan fingerprint density at radius 2 is 2.00 bits per heavy atom. The summed E-state index contributed by atoms with van der Waals surface area (Å²) >= 11 is 0. The molecule has 0 saturated carbocycles. The maximum absolute atomic E-state index is 12.2. The Kier molecular flexibility index (Phi) is 4.09. The van der Waals surface area contributed by atoms with E-state index in [-0.39, 0.29) is 17.6 Å². The van der Waals surface area contributed by atoms with Gasteiger partial charge >= 0.3 is 0 Å². The average molecular weight is 306 g/mol. The molecule has 2 aromatic carbocycles. The van der Waals surface area contributed by atoms with Crippen molar-refractivity contribution in [2.24, 2.45) is 0 Å². The van der Waals surface area contributed by atoms with Crippen LogP contribution in [0.2, 0.25) is 0 Å². The van der Waals surface area contributed by atoms with Gasteiger partial charge in [0, 0.05) is 23.2 Å². The number of nitrogens with zero attached hydrogens (tertiary/aromatic N) is 1. The van der Waals surface area contributed by atoms with E-state index in [1.54, 1.807) is 12.1 Å². The smallest absolute Gasteiger partial charge is 0.207 e. The lowest BCUT2D eigenvalue weighted by Gasteiger charge is -2.12. The van der Waals surface area contributed by atoms with E-state index in [1.807, 2.05) is 36.4 Å². The first-order chi connectivity index (χ1) is 11.2. The topological polar surface area (TPSA) is 86.1 Å². The van der Waals surface area contributed by atoms with Crippen molar-refractivity contribution in [2.45, 2.75) is 13.2 Å². The minimum absolute atomic E-state index is 0.0411. The molecule has 23 heavy (non-hydrogen) atoms. The highest BCUT2D eigenvalue weighted by molar-refractivity contribution is 5.82. The molecule has 0 atom stereocenters. The minimum Gasteiger partial charge on any atom is -0.488 e. The molecule has 0 saturated heterocycles. The number of aliphatic hydroxyl groups is 1. The van der Waals surface area contributed by atoms with Crippen LogP contribution < -0.4 is 10.2 Å². The molecule has 1 aromatic heterocycles. The van der Waals surface area contributed by atoms with Gasteiger partial charge in [0.1, 0.15) is 24.0 Å². The number of hydrogen-bond donors (Lipinski definition) is 2. The molecule has 0 aliphatic carbocycles. The van der Waals surface area contributed by atoms with Gasteiger partial charge in [-0.3, -0.25) is 4.79 Å². The first-order valence-corrected chi connectivity index (χ1v) is 7.09. The van der Waals surface area contributed by atoms with Gasteiger partial charge in [-0.05, 0) is 11.6 Å². The minimum atomic E-state index is -0.356. The van der Waals surface area contributed by atoms with E-state index < -0.39 is 0 Å². The molecule has 0 amide bonds. The Morgan fingerprint density at radius 3 is 2.70 bits per heavy atom. The SMILES string of the molecule is N#Cc1c[nH]c2cc(OCc3ccccc3)c(CO)cc2c1=O. The third kappa shape index (κ3) is 2.93. The zero-order valence-corrected chi connectivity index (χ0v) is 12.2. The van der Waals surface area contributed by atoms with Crippen LogP contribution in [0.5, 0.6) is 5.75 Å². The number of aliphatic hydroxyl groups excluding tert-OH is 1. The molecule has 114 valence electrons. The molecule has 0 unspecified atom stereocenters. The first kappa shape index (κ1) is 14.8. The van der Waals surface area contributed by atoms with Crippen LogP contribution in [0.1, 0.15) is 16.7 Å². The van der Waals surface area contributed by atoms with Gasteiger partial charge in [-0.25, -0.2) is 0 Å². The summed E-state index contributed by atoms with van der Waals surface area (Å²) in [6.45, 7) is 0.107. The number of H-pyrrole nitrogens is 1. The van der Waals surface area contributed by atoms with Crippen molar-refractivity contribution in [3.63, 3.8) is 0 Å². The Balaban J connectivity index is 2.00. The van der Waals surface area contributed by atoms with Crippen LogP contribution in [0.3, 0.4) is 0 Å². The van der Waals surface area contributed by atoms with Crippen molar-refractivity contribution in [3.8, 4) is 11.8 Å². The summed E-state index contributed by atoms with van der Waals surface area (Å²) in [5.74, 6) is 0.504. The van der Waals surface area contributed by atoms with Gasteiger partial charge in [0.2, 0.25) is 5.43 Å². The van der Waals surface area contributed by atoms with Crippen molar-refractivity contribution in [3.05, 3.63) is 75.6 Å². The molecule has 0 bridgehead atoms. The van der Waals surface area contributed by atoms with Crippen LogP contribution in [-0.2, 0) is 13.2 Å². The molecule has 2 N–H and O–H groups in total. The summed E-state index contributed by atoms with van der Waals surface area (Å²) < 4.78 is 5.77. The summed E-state index contributed by atoms with van der Waals surface area (Å²) in [5, 5.41) is 18.8. The molecule has 0 aliphatic rings. The largest absolute Gasteiger partial charge is 0.488 e. The van der Waals surface area contributed by atoms with Crippen LogP contribution in [0, 0.1) is 11.3 Å². The number of aromatic amines is 1. The second-order valence-corrected chi connectivity index (χ2v) is 5.08. The van der Waals surface area contributed by atoms with E-state index >= 15 is 0 Å². The van der Waals surface area contributed by atoms with Crippen molar-refractivity contribution in [1.82, 2.24) is 4.98 Å². The third-order valence-corrected chi connectivity index (χ3v) is 3.59. The van der Waals surface area contributed by atoms with E-state index in [2.05, 4.69) is 4.98 Å². The number of rotatable bonds is 4. The fourth-order valence-electron chi connectivity index (χ4n) is 2.37. The summed E-state index contributed by atoms with van der Waals surface area (Å²) in [5.41, 5.74) is 1.76. The monoisotopic (exact) mass is 306 g/mol. The molecular weight excluding hydrogens is 292 g/mol. The zero-order valence-electron chi connectivity index (χ0n) is 12.2. The number of hydrogen-bond acceptors (Lipinski definition) is 4. The lowest BCUT2D eigenvalue weighted by molar-refractivity contribution is 0.259. The van der Waals surface area contributed by atoms with E-state index in [4.69, 9.17) is 10.00 Å². The number of pyridine rings is 1. The van der Waals surface area contributed by atoms with E-state index in [0.717, 1.165) is 5.56 Å². The molecule has 3 rings (SSSR count). The second-order valence-electron chi connectivity index (χ2n) is 5.08. The zero-order chi connectivity index (χ0) is 16.2. The van der Waals surface area contributed by atoms with E-state index in [9.17, 15) is 9.90 Å². The molecule has 1 heterocycles. The van der Waals surface area contributed by atoms with Crippen LogP contribution in [-0.4, -0.2) is 10.1 Å². The molecule has 5 nitrogen and oxygen atoms in total. The van der Waals surface area contributed by atoms with E-state index in [1.165, 1.54) is 6.20 Å². The molecule has 3 aromatic rings. The molecule has 5 heteroatoms. The highest BCUT2D eigenvalue weighted by Gasteiger charge is 2.11. The van der Waals surface area contributed by atoms with Crippen LogP contribution in [0.4, 0.5) is 0 Å².